The number of nitrogens with zero attached hydrogens (tertiary/aromatic N) is 1. The molecule has 0 unspecified atom stereocenters. The molecule has 1 heterocycles. The lowest BCUT2D eigenvalue weighted by atomic mass is 10.1. The Hall–Kier alpha value is -1.87. The van der Waals surface area contributed by atoms with Gasteiger partial charge in [-0.2, -0.15) is 0 Å². The Morgan fingerprint density at radius 1 is 1.10 bits per heavy atom. The van der Waals surface area contributed by atoms with Gasteiger partial charge in [-0.1, -0.05) is 45.0 Å². The van der Waals surface area contributed by atoms with E-state index >= 15 is 0 Å². The van der Waals surface area contributed by atoms with Gasteiger partial charge in [0.1, 0.15) is 0 Å². The first-order chi connectivity index (χ1) is 10.1. The Morgan fingerprint density at radius 2 is 1.76 bits per heavy atom. The van der Waals surface area contributed by atoms with Gasteiger partial charge >= 0.3 is 0 Å². The molecule has 3 heteroatoms. The number of aliphatic hydroxyl groups is 1. The number of hydrogen-bond acceptors (Lipinski definition) is 2. The molecule has 0 spiro atoms. The molecule has 0 radical (unpaired) electrons. The predicted molar refractivity (Wildman–Crippen MR) is 86.3 cm³/mol. The predicted octanol–water partition coefficient (Wildman–Crippen LogP) is 3.23. The van der Waals surface area contributed by atoms with Crippen LogP contribution >= 0.6 is 0 Å². The van der Waals surface area contributed by atoms with Crippen LogP contribution in [0.2, 0.25) is 0 Å². The van der Waals surface area contributed by atoms with Crippen molar-refractivity contribution in [3.63, 3.8) is 0 Å². The maximum Gasteiger partial charge on any atom is 0.256 e. The van der Waals surface area contributed by atoms with E-state index in [-0.39, 0.29) is 12.2 Å². The summed E-state index contributed by atoms with van der Waals surface area (Å²) < 4.78 is 1.77. The van der Waals surface area contributed by atoms with Gasteiger partial charge < -0.3 is 9.67 Å². The number of pyridine rings is 1. The molecule has 1 aromatic heterocycles. The van der Waals surface area contributed by atoms with E-state index in [4.69, 9.17) is 0 Å². The van der Waals surface area contributed by atoms with E-state index in [1.54, 1.807) is 10.6 Å². The summed E-state index contributed by atoms with van der Waals surface area (Å²) >= 11 is 0. The average Bonchev–Trinajstić information content (AvgIpc) is 2.49. The van der Waals surface area contributed by atoms with Crippen molar-refractivity contribution >= 4 is 0 Å². The fourth-order valence-electron chi connectivity index (χ4n) is 2.45. The van der Waals surface area contributed by atoms with Gasteiger partial charge in [-0.25, -0.2) is 0 Å². The second kappa shape index (κ2) is 6.72. The molecule has 0 bridgehead atoms. The zero-order valence-electron chi connectivity index (χ0n) is 13.0. The maximum absolute atomic E-state index is 12.5. The summed E-state index contributed by atoms with van der Waals surface area (Å²) in [5, 5.41) is 9.29. The molecule has 0 saturated carbocycles. The summed E-state index contributed by atoms with van der Waals surface area (Å²) in [7, 11) is 0. The Kier molecular flexibility index (Phi) is 4.97. The standard InChI is InChI=1S/C18H23NO2/c1-4-14-5-7-15(8-6-14)17-10-9-16(12-20)18(21)19(17)11-13(2)3/h5-10,13,20H,4,11-12H2,1-3H3. The minimum atomic E-state index is -0.216. The van der Waals surface area contributed by atoms with Crippen LogP contribution in [0, 0.1) is 5.92 Å². The smallest absolute Gasteiger partial charge is 0.256 e. The Labute approximate surface area is 125 Å². The molecule has 0 aliphatic carbocycles. The summed E-state index contributed by atoms with van der Waals surface area (Å²) in [6.45, 7) is 6.73. The summed E-state index contributed by atoms with van der Waals surface area (Å²) in [6, 6.07) is 12.0. The largest absolute Gasteiger partial charge is 0.391 e. The van der Waals surface area contributed by atoms with Gasteiger partial charge in [0, 0.05) is 12.1 Å². The van der Waals surface area contributed by atoms with Crippen LogP contribution in [0.25, 0.3) is 11.3 Å². The SMILES string of the molecule is CCc1ccc(-c2ccc(CO)c(=O)n2CC(C)C)cc1. The number of aryl methyl sites for hydroxylation is 1. The topological polar surface area (TPSA) is 42.2 Å². The van der Waals surface area contributed by atoms with Crippen LogP contribution in [-0.2, 0) is 19.6 Å². The van der Waals surface area contributed by atoms with E-state index in [9.17, 15) is 9.90 Å². The highest BCUT2D eigenvalue weighted by molar-refractivity contribution is 5.60. The lowest BCUT2D eigenvalue weighted by Crippen LogP contribution is -2.27. The lowest BCUT2D eigenvalue weighted by Gasteiger charge is -2.16. The van der Waals surface area contributed by atoms with Crippen LogP contribution in [0.15, 0.2) is 41.2 Å². The van der Waals surface area contributed by atoms with E-state index in [1.807, 2.05) is 6.07 Å². The van der Waals surface area contributed by atoms with Crippen LogP contribution in [0.3, 0.4) is 0 Å². The fraction of sp³-hybridized carbons (Fsp3) is 0.389. The van der Waals surface area contributed by atoms with Crippen LogP contribution in [0.5, 0.6) is 0 Å². The Bertz CT molecular complexity index is 654. The molecule has 21 heavy (non-hydrogen) atoms. The van der Waals surface area contributed by atoms with Gasteiger partial charge in [0.05, 0.1) is 12.3 Å². The number of rotatable bonds is 5. The van der Waals surface area contributed by atoms with E-state index in [2.05, 4.69) is 45.0 Å². The normalized spacial score (nSPS) is 11.1. The molecule has 112 valence electrons. The second-order valence-corrected chi connectivity index (χ2v) is 5.76. The first-order valence-electron chi connectivity index (χ1n) is 7.49. The molecule has 0 aliphatic heterocycles. The van der Waals surface area contributed by atoms with Crippen molar-refractivity contribution in [2.45, 2.75) is 40.3 Å². The molecule has 0 saturated heterocycles. The summed E-state index contributed by atoms with van der Waals surface area (Å²) in [4.78, 5) is 12.5. The summed E-state index contributed by atoms with van der Waals surface area (Å²) in [5.74, 6) is 0.366. The second-order valence-electron chi connectivity index (χ2n) is 5.76. The molecule has 1 aromatic carbocycles. The zero-order valence-corrected chi connectivity index (χ0v) is 13.0. The van der Waals surface area contributed by atoms with E-state index in [1.165, 1.54) is 5.56 Å². The highest BCUT2D eigenvalue weighted by Crippen LogP contribution is 2.20. The molecular formula is C18H23NO2. The van der Waals surface area contributed by atoms with Crippen molar-refractivity contribution in [1.82, 2.24) is 4.57 Å². The number of benzene rings is 1. The molecule has 2 aromatic rings. The maximum atomic E-state index is 12.5. The molecule has 0 aliphatic rings. The van der Waals surface area contributed by atoms with Gasteiger partial charge in [0.15, 0.2) is 0 Å². The highest BCUT2D eigenvalue weighted by Gasteiger charge is 2.11. The van der Waals surface area contributed by atoms with E-state index < -0.39 is 0 Å². The minimum Gasteiger partial charge on any atom is -0.391 e. The van der Waals surface area contributed by atoms with Gasteiger partial charge in [-0.15, -0.1) is 0 Å². The molecule has 2 rings (SSSR count). The van der Waals surface area contributed by atoms with Crippen molar-refractivity contribution < 1.29 is 5.11 Å². The molecule has 0 atom stereocenters. The van der Waals surface area contributed by atoms with Crippen LogP contribution in [0.1, 0.15) is 31.9 Å². The molecule has 3 nitrogen and oxygen atoms in total. The van der Waals surface area contributed by atoms with Crippen molar-refractivity contribution in [2.24, 2.45) is 5.92 Å². The van der Waals surface area contributed by atoms with Gasteiger partial charge in [0.2, 0.25) is 0 Å². The van der Waals surface area contributed by atoms with Crippen LogP contribution < -0.4 is 5.56 Å². The Morgan fingerprint density at radius 3 is 2.29 bits per heavy atom. The lowest BCUT2D eigenvalue weighted by molar-refractivity contribution is 0.279. The Balaban J connectivity index is 2.55. The average molecular weight is 285 g/mol. The zero-order chi connectivity index (χ0) is 15.4. The van der Waals surface area contributed by atoms with Crippen molar-refractivity contribution in [2.75, 3.05) is 0 Å². The van der Waals surface area contributed by atoms with Gasteiger partial charge in [0.25, 0.3) is 5.56 Å². The third-order valence-corrected chi connectivity index (χ3v) is 3.63. The van der Waals surface area contributed by atoms with E-state index in [0.717, 1.165) is 17.7 Å². The fourth-order valence-corrected chi connectivity index (χ4v) is 2.45. The van der Waals surface area contributed by atoms with Crippen molar-refractivity contribution in [1.29, 1.82) is 0 Å². The quantitative estimate of drug-likeness (QED) is 0.916. The number of aromatic nitrogens is 1. The molecule has 0 amide bonds. The van der Waals surface area contributed by atoms with Crippen molar-refractivity contribution in [3.8, 4) is 11.3 Å². The first kappa shape index (κ1) is 15.5. The number of aliphatic hydroxyl groups excluding tert-OH is 1. The highest BCUT2D eigenvalue weighted by atomic mass is 16.3. The number of hydrogen-bond donors (Lipinski definition) is 1. The van der Waals surface area contributed by atoms with Crippen molar-refractivity contribution in [3.05, 3.63) is 57.9 Å². The molecule has 0 fully saturated rings. The summed E-state index contributed by atoms with van der Waals surface area (Å²) in [5.41, 5.74) is 3.58. The molecule has 1 N–H and O–H groups in total. The van der Waals surface area contributed by atoms with Crippen LogP contribution in [-0.4, -0.2) is 9.67 Å². The van der Waals surface area contributed by atoms with E-state index in [0.29, 0.717) is 18.0 Å². The van der Waals surface area contributed by atoms with Crippen LogP contribution in [0.4, 0.5) is 0 Å². The van der Waals surface area contributed by atoms with Gasteiger partial charge in [-0.3, -0.25) is 4.79 Å². The first-order valence-corrected chi connectivity index (χ1v) is 7.49. The summed E-state index contributed by atoms with van der Waals surface area (Å²) in [6.07, 6.45) is 1.00. The third kappa shape index (κ3) is 3.42. The van der Waals surface area contributed by atoms with Gasteiger partial charge in [-0.05, 0) is 35.6 Å². The monoisotopic (exact) mass is 285 g/mol. The molecular weight excluding hydrogens is 262 g/mol. The third-order valence-electron chi connectivity index (χ3n) is 3.63. The minimum absolute atomic E-state index is 0.0942.